The molecule has 3 heterocycles. The first-order chi connectivity index (χ1) is 17.6. The van der Waals surface area contributed by atoms with E-state index in [0.29, 0.717) is 54.5 Å². The lowest BCUT2D eigenvalue weighted by atomic mass is 10.1. The first-order valence-corrected chi connectivity index (χ1v) is 14.2. The third-order valence-electron chi connectivity index (χ3n) is 5.93. The Labute approximate surface area is 220 Å². The van der Waals surface area contributed by atoms with Crippen molar-refractivity contribution in [2.24, 2.45) is 0 Å². The Balaban J connectivity index is 1.56. The Morgan fingerprint density at radius 1 is 1.16 bits per heavy atom. The second-order valence-electron chi connectivity index (χ2n) is 8.99. The number of aromatic nitrogens is 3. The molecule has 0 saturated carbocycles. The summed E-state index contributed by atoms with van der Waals surface area (Å²) in [6.07, 6.45) is 5.32. The number of sulfone groups is 1. The van der Waals surface area contributed by atoms with Crippen LogP contribution < -0.4 is 10.1 Å². The fourth-order valence-corrected chi connectivity index (χ4v) is 4.76. The van der Waals surface area contributed by atoms with Crippen molar-refractivity contribution in [3.05, 3.63) is 65.1 Å². The highest BCUT2D eigenvalue weighted by atomic mass is 35.5. The molecule has 0 bridgehead atoms. The summed E-state index contributed by atoms with van der Waals surface area (Å²) in [5.41, 5.74) is 2.07. The van der Waals surface area contributed by atoms with Gasteiger partial charge in [-0.3, -0.25) is 19.3 Å². The van der Waals surface area contributed by atoms with Crippen LogP contribution in [-0.4, -0.2) is 65.3 Å². The van der Waals surface area contributed by atoms with E-state index >= 15 is 0 Å². The van der Waals surface area contributed by atoms with E-state index in [9.17, 15) is 18.0 Å². The molecule has 0 spiro atoms. The van der Waals surface area contributed by atoms with Crippen LogP contribution in [0.25, 0.3) is 11.3 Å². The monoisotopic (exact) mass is 545 g/mol. The summed E-state index contributed by atoms with van der Waals surface area (Å²) in [6, 6.07) is 10.4. The topological polar surface area (TPSA) is 123 Å². The van der Waals surface area contributed by atoms with Crippen molar-refractivity contribution >= 4 is 33.3 Å². The van der Waals surface area contributed by atoms with E-state index in [-0.39, 0.29) is 29.5 Å². The summed E-state index contributed by atoms with van der Waals surface area (Å²) in [5, 5.41) is 7.82. The van der Waals surface area contributed by atoms with Crippen LogP contribution in [0.15, 0.2) is 48.8 Å². The van der Waals surface area contributed by atoms with Gasteiger partial charge < -0.3 is 15.0 Å². The van der Waals surface area contributed by atoms with Crippen LogP contribution in [0, 0.1) is 0 Å². The quantitative estimate of drug-likeness (QED) is 0.461. The lowest BCUT2D eigenvalue weighted by Gasteiger charge is -2.31. The molecule has 0 atom stereocenters. The van der Waals surface area contributed by atoms with Gasteiger partial charge in [-0.2, -0.15) is 5.10 Å². The van der Waals surface area contributed by atoms with E-state index in [1.165, 1.54) is 10.9 Å². The van der Waals surface area contributed by atoms with Gasteiger partial charge in [0.2, 0.25) is 5.91 Å². The minimum absolute atomic E-state index is 0.0270. The number of benzene rings is 1. The average Bonchev–Trinajstić information content (AvgIpc) is 3.30. The standard InChI is InChI=1S/C25H28ClN5O5S/c1-17(32)30-10-7-20(8-11-30)36-24-13-23(25(33)28-14-18-3-5-19(26)6-4-18)27-15-21(24)22-9-12-31(29-22)16-37(2,34)35/h3-6,9,12-13,15,20H,7-8,10-11,14,16H2,1-2H3,(H,28,33). The molecule has 0 radical (unpaired) electrons. The first-order valence-electron chi connectivity index (χ1n) is 11.7. The number of hydrogen-bond donors (Lipinski definition) is 1. The number of ether oxygens (including phenoxy) is 1. The molecule has 0 unspecified atom stereocenters. The Morgan fingerprint density at radius 2 is 1.86 bits per heavy atom. The molecule has 2 amide bonds. The smallest absolute Gasteiger partial charge is 0.270 e. The second-order valence-corrected chi connectivity index (χ2v) is 11.5. The molecule has 1 aliphatic rings. The third kappa shape index (κ3) is 7.30. The van der Waals surface area contributed by atoms with Gasteiger partial charge in [0.05, 0.1) is 11.3 Å². The third-order valence-corrected chi connectivity index (χ3v) is 6.91. The van der Waals surface area contributed by atoms with Gasteiger partial charge in [-0.15, -0.1) is 0 Å². The zero-order valence-electron chi connectivity index (χ0n) is 20.6. The molecule has 4 rings (SSSR count). The largest absolute Gasteiger partial charge is 0.489 e. The fraction of sp³-hybridized carbons (Fsp3) is 0.360. The molecule has 1 aromatic carbocycles. The molecule has 196 valence electrons. The van der Waals surface area contributed by atoms with Crippen molar-refractivity contribution in [2.45, 2.75) is 38.3 Å². The van der Waals surface area contributed by atoms with Crippen molar-refractivity contribution in [1.82, 2.24) is 25.0 Å². The Hall–Kier alpha value is -3.44. The predicted molar refractivity (Wildman–Crippen MR) is 139 cm³/mol. The molecule has 1 aliphatic heterocycles. The minimum atomic E-state index is -3.28. The maximum Gasteiger partial charge on any atom is 0.270 e. The van der Waals surface area contributed by atoms with E-state index in [2.05, 4.69) is 15.4 Å². The molecular formula is C25H28ClN5O5S. The van der Waals surface area contributed by atoms with Crippen LogP contribution in [0.3, 0.4) is 0 Å². The number of rotatable bonds is 8. The SMILES string of the molecule is CC(=O)N1CCC(Oc2cc(C(=O)NCc3ccc(Cl)cc3)ncc2-c2ccn(CS(C)(=O)=O)n2)CC1. The first kappa shape index (κ1) is 26.6. The van der Waals surface area contributed by atoms with Gasteiger partial charge in [-0.05, 0) is 23.8 Å². The second kappa shape index (κ2) is 11.3. The highest BCUT2D eigenvalue weighted by Gasteiger charge is 2.24. The van der Waals surface area contributed by atoms with Gasteiger partial charge in [-0.1, -0.05) is 23.7 Å². The lowest BCUT2D eigenvalue weighted by Crippen LogP contribution is -2.40. The molecule has 10 nitrogen and oxygen atoms in total. The minimum Gasteiger partial charge on any atom is -0.489 e. The summed E-state index contributed by atoms with van der Waals surface area (Å²) in [6.45, 7) is 3.01. The van der Waals surface area contributed by atoms with E-state index in [4.69, 9.17) is 16.3 Å². The molecule has 2 aromatic heterocycles. The molecule has 3 aromatic rings. The van der Waals surface area contributed by atoms with Crippen LogP contribution in [0.4, 0.5) is 0 Å². The molecule has 1 fully saturated rings. The highest BCUT2D eigenvalue weighted by molar-refractivity contribution is 7.89. The van der Waals surface area contributed by atoms with Gasteiger partial charge in [0.25, 0.3) is 5.91 Å². The normalized spacial score (nSPS) is 14.4. The van der Waals surface area contributed by atoms with E-state index in [1.807, 2.05) is 12.1 Å². The van der Waals surface area contributed by atoms with Crippen molar-refractivity contribution < 1.29 is 22.7 Å². The Kier molecular flexibility index (Phi) is 8.13. The van der Waals surface area contributed by atoms with Crippen LogP contribution in [0.5, 0.6) is 5.75 Å². The number of halogens is 1. The average molecular weight is 546 g/mol. The lowest BCUT2D eigenvalue weighted by molar-refractivity contribution is -0.130. The van der Waals surface area contributed by atoms with Crippen LogP contribution in [0.2, 0.25) is 5.02 Å². The molecule has 1 N–H and O–H groups in total. The highest BCUT2D eigenvalue weighted by Crippen LogP contribution is 2.31. The summed E-state index contributed by atoms with van der Waals surface area (Å²) in [4.78, 5) is 30.6. The van der Waals surface area contributed by atoms with E-state index < -0.39 is 9.84 Å². The van der Waals surface area contributed by atoms with Crippen molar-refractivity contribution in [3.63, 3.8) is 0 Å². The van der Waals surface area contributed by atoms with E-state index in [0.717, 1.165) is 11.8 Å². The van der Waals surface area contributed by atoms with Gasteiger partial charge in [0.15, 0.2) is 9.84 Å². The number of nitrogens with zero attached hydrogens (tertiary/aromatic N) is 4. The van der Waals surface area contributed by atoms with Crippen molar-refractivity contribution in [3.8, 4) is 17.0 Å². The number of pyridine rings is 1. The van der Waals surface area contributed by atoms with Crippen LogP contribution in [-0.2, 0) is 27.1 Å². The fourth-order valence-electron chi connectivity index (χ4n) is 4.01. The maximum atomic E-state index is 12.9. The number of carbonyl (C=O) groups is 2. The number of amides is 2. The van der Waals surface area contributed by atoms with Gasteiger partial charge in [0, 0.05) is 69.1 Å². The molecule has 1 saturated heterocycles. The van der Waals surface area contributed by atoms with Crippen LogP contribution in [0.1, 0.15) is 35.8 Å². The number of carbonyl (C=O) groups excluding carboxylic acids is 2. The van der Waals surface area contributed by atoms with Gasteiger partial charge in [0.1, 0.15) is 23.4 Å². The molecule has 37 heavy (non-hydrogen) atoms. The van der Waals surface area contributed by atoms with Crippen molar-refractivity contribution in [2.75, 3.05) is 19.3 Å². The van der Waals surface area contributed by atoms with Gasteiger partial charge >= 0.3 is 0 Å². The summed E-state index contributed by atoms with van der Waals surface area (Å²) in [5.74, 6) is -0.192. The molecule has 0 aliphatic carbocycles. The molecule has 12 heteroatoms. The Bertz CT molecular complexity index is 1380. The summed E-state index contributed by atoms with van der Waals surface area (Å²) >= 11 is 5.92. The van der Waals surface area contributed by atoms with Crippen LogP contribution >= 0.6 is 11.6 Å². The maximum absolute atomic E-state index is 12.9. The Morgan fingerprint density at radius 3 is 2.51 bits per heavy atom. The number of hydrogen-bond acceptors (Lipinski definition) is 7. The summed E-state index contributed by atoms with van der Waals surface area (Å²) < 4.78 is 31.0. The zero-order chi connectivity index (χ0) is 26.6. The van der Waals surface area contributed by atoms with Gasteiger partial charge in [-0.25, -0.2) is 8.42 Å². The number of nitrogens with one attached hydrogen (secondary N) is 1. The summed E-state index contributed by atoms with van der Waals surface area (Å²) in [7, 11) is -3.28. The van der Waals surface area contributed by atoms with Crippen molar-refractivity contribution in [1.29, 1.82) is 0 Å². The van der Waals surface area contributed by atoms with E-state index in [1.54, 1.807) is 42.3 Å². The zero-order valence-corrected chi connectivity index (χ0v) is 22.1. The number of piperidine rings is 1. The molecular weight excluding hydrogens is 518 g/mol. The number of likely N-dealkylation sites (tertiary alicyclic amines) is 1. The predicted octanol–water partition coefficient (Wildman–Crippen LogP) is 2.92.